The molecule has 3 nitrogen and oxygen atoms in total. The van der Waals surface area contributed by atoms with Gasteiger partial charge in [0.25, 0.3) is 0 Å². The molecule has 3 N–H and O–H groups in total. The number of rotatable bonds is 3. The molecule has 0 bridgehead atoms. The van der Waals surface area contributed by atoms with E-state index in [0.717, 1.165) is 11.1 Å². The molecule has 2 aromatic rings. The highest BCUT2D eigenvalue weighted by Crippen LogP contribution is 2.26. The van der Waals surface area contributed by atoms with Gasteiger partial charge in [-0.05, 0) is 34.9 Å². The van der Waals surface area contributed by atoms with Crippen LogP contribution in [0.25, 0.3) is 11.1 Å². The van der Waals surface area contributed by atoms with Gasteiger partial charge in [-0.3, -0.25) is 0 Å². The van der Waals surface area contributed by atoms with E-state index in [1.54, 1.807) is 36.4 Å². The third kappa shape index (κ3) is 2.53. The fraction of sp³-hybridized carbons (Fsp3) is 0.0714. The number of hydrogen-bond donors (Lipinski definition) is 2. The molecule has 0 spiro atoms. The summed E-state index contributed by atoms with van der Waals surface area (Å²) in [6, 6.07) is 12.3. The summed E-state index contributed by atoms with van der Waals surface area (Å²) in [6.45, 7) is 0.321. The Balaban J connectivity index is 2.56. The second kappa shape index (κ2) is 5.21. The van der Waals surface area contributed by atoms with Crippen molar-refractivity contribution in [1.82, 2.24) is 0 Å². The lowest BCUT2D eigenvalue weighted by Crippen LogP contribution is -2.03. The maximum absolute atomic E-state index is 11.3. The van der Waals surface area contributed by atoms with E-state index < -0.39 is 5.97 Å². The number of carboxylic acid groups (broad SMARTS) is 1. The molecule has 2 rings (SSSR count). The van der Waals surface area contributed by atoms with Crippen molar-refractivity contribution >= 4 is 17.6 Å². The molecule has 0 amide bonds. The highest BCUT2D eigenvalue weighted by molar-refractivity contribution is 6.30. The lowest BCUT2D eigenvalue weighted by molar-refractivity contribution is 0.0697. The van der Waals surface area contributed by atoms with Crippen LogP contribution in [0.2, 0.25) is 5.02 Å². The fourth-order valence-electron chi connectivity index (χ4n) is 1.78. The van der Waals surface area contributed by atoms with Gasteiger partial charge in [-0.2, -0.15) is 0 Å². The standard InChI is InChI=1S/C14H12ClNO2/c15-11-4-2-10(3-5-11)12-6-1-9(8-16)7-13(12)14(17)18/h1-7H,8,16H2,(H,17,18). The summed E-state index contributed by atoms with van der Waals surface area (Å²) in [4.78, 5) is 11.3. The van der Waals surface area contributed by atoms with Gasteiger partial charge in [0.1, 0.15) is 0 Å². The van der Waals surface area contributed by atoms with Crippen LogP contribution in [0, 0.1) is 0 Å². The van der Waals surface area contributed by atoms with E-state index in [1.165, 1.54) is 0 Å². The summed E-state index contributed by atoms with van der Waals surface area (Å²) in [7, 11) is 0. The fourth-order valence-corrected chi connectivity index (χ4v) is 1.90. The number of nitrogens with two attached hydrogens (primary N) is 1. The van der Waals surface area contributed by atoms with Gasteiger partial charge in [-0.1, -0.05) is 35.9 Å². The first-order valence-electron chi connectivity index (χ1n) is 5.44. The molecule has 0 aliphatic carbocycles. The van der Waals surface area contributed by atoms with E-state index >= 15 is 0 Å². The molecule has 18 heavy (non-hydrogen) atoms. The first-order chi connectivity index (χ1) is 8.61. The minimum absolute atomic E-state index is 0.250. The van der Waals surface area contributed by atoms with Gasteiger partial charge < -0.3 is 10.8 Å². The van der Waals surface area contributed by atoms with Crippen LogP contribution < -0.4 is 5.73 Å². The Bertz CT molecular complexity index is 579. The number of carboxylic acids is 1. The van der Waals surface area contributed by atoms with E-state index in [0.29, 0.717) is 17.1 Å². The molecule has 0 saturated carbocycles. The van der Waals surface area contributed by atoms with Crippen molar-refractivity contribution in [3.05, 3.63) is 58.6 Å². The smallest absolute Gasteiger partial charge is 0.336 e. The van der Waals surface area contributed by atoms with Gasteiger partial charge in [0.15, 0.2) is 0 Å². The average molecular weight is 262 g/mol. The molecule has 0 aliphatic rings. The zero-order valence-corrected chi connectivity index (χ0v) is 10.3. The van der Waals surface area contributed by atoms with Crippen LogP contribution in [-0.2, 0) is 6.54 Å². The molecule has 92 valence electrons. The van der Waals surface area contributed by atoms with Crippen molar-refractivity contribution in [3.63, 3.8) is 0 Å². The molecule has 4 heteroatoms. The maximum atomic E-state index is 11.3. The minimum atomic E-state index is -0.963. The highest BCUT2D eigenvalue weighted by atomic mass is 35.5. The predicted octanol–water partition coefficient (Wildman–Crippen LogP) is 3.16. The van der Waals surface area contributed by atoms with Crippen molar-refractivity contribution in [3.8, 4) is 11.1 Å². The molecule has 0 aliphatic heterocycles. The summed E-state index contributed by atoms with van der Waals surface area (Å²) in [5, 5.41) is 9.85. The quantitative estimate of drug-likeness (QED) is 0.892. The minimum Gasteiger partial charge on any atom is -0.478 e. The summed E-state index contributed by atoms with van der Waals surface area (Å²) < 4.78 is 0. The molecule has 2 aromatic carbocycles. The highest BCUT2D eigenvalue weighted by Gasteiger charge is 2.12. The molecular formula is C14H12ClNO2. The Morgan fingerprint density at radius 3 is 2.39 bits per heavy atom. The number of carbonyl (C=O) groups is 1. The zero-order valence-electron chi connectivity index (χ0n) is 9.56. The number of aromatic carboxylic acids is 1. The Morgan fingerprint density at radius 2 is 1.83 bits per heavy atom. The van der Waals surface area contributed by atoms with E-state index in [-0.39, 0.29) is 5.56 Å². The second-order valence-corrected chi connectivity index (χ2v) is 4.33. The van der Waals surface area contributed by atoms with Gasteiger partial charge >= 0.3 is 5.97 Å². The molecule has 0 aromatic heterocycles. The Kier molecular flexibility index (Phi) is 3.65. The summed E-state index contributed by atoms with van der Waals surface area (Å²) in [5.41, 5.74) is 8.05. The van der Waals surface area contributed by atoms with Crippen molar-refractivity contribution in [1.29, 1.82) is 0 Å². The molecule has 0 unspecified atom stereocenters. The van der Waals surface area contributed by atoms with Crippen LogP contribution in [-0.4, -0.2) is 11.1 Å². The second-order valence-electron chi connectivity index (χ2n) is 3.90. The lowest BCUT2D eigenvalue weighted by atomic mass is 9.97. The SMILES string of the molecule is NCc1ccc(-c2ccc(Cl)cc2)c(C(=O)O)c1. The Hall–Kier alpha value is -1.84. The van der Waals surface area contributed by atoms with E-state index in [2.05, 4.69) is 0 Å². The largest absolute Gasteiger partial charge is 0.478 e. The monoisotopic (exact) mass is 261 g/mol. The van der Waals surface area contributed by atoms with Crippen molar-refractivity contribution < 1.29 is 9.90 Å². The van der Waals surface area contributed by atoms with Gasteiger partial charge in [0.2, 0.25) is 0 Å². The molecule has 0 heterocycles. The van der Waals surface area contributed by atoms with Crippen LogP contribution in [0.4, 0.5) is 0 Å². The summed E-state index contributed by atoms with van der Waals surface area (Å²) >= 11 is 5.82. The van der Waals surface area contributed by atoms with Crippen LogP contribution >= 0.6 is 11.6 Å². The number of benzene rings is 2. The number of halogens is 1. The third-order valence-corrected chi connectivity index (χ3v) is 2.96. The molecular weight excluding hydrogens is 250 g/mol. The van der Waals surface area contributed by atoms with Crippen molar-refractivity contribution in [2.45, 2.75) is 6.54 Å². The first-order valence-corrected chi connectivity index (χ1v) is 5.82. The van der Waals surface area contributed by atoms with Crippen molar-refractivity contribution in [2.75, 3.05) is 0 Å². The van der Waals surface area contributed by atoms with Gasteiger partial charge in [0, 0.05) is 11.6 Å². The number of hydrogen-bond acceptors (Lipinski definition) is 2. The lowest BCUT2D eigenvalue weighted by Gasteiger charge is -2.08. The normalized spacial score (nSPS) is 10.3. The maximum Gasteiger partial charge on any atom is 0.336 e. The van der Waals surface area contributed by atoms with Crippen LogP contribution in [0.3, 0.4) is 0 Å². The molecule has 0 radical (unpaired) electrons. The summed E-state index contributed by atoms with van der Waals surface area (Å²) in [5.74, 6) is -0.963. The van der Waals surface area contributed by atoms with Crippen LogP contribution in [0.5, 0.6) is 0 Å². The summed E-state index contributed by atoms with van der Waals surface area (Å²) in [6.07, 6.45) is 0. The molecule has 0 atom stereocenters. The van der Waals surface area contributed by atoms with Crippen LogP contribution in [0.15, 0.2) is 42.5 Å². The van der Waals surface area contributed by atoms with E-state index in [9.17, 15) is 9.90 Å². The Morgan fingerprint density at radius 1 is 1.17 bits per heavy atom. The average Bonchev–Trinajstić information content (AvgIpc) is 2.39. The van der Waals surface area contributed by atoms with Gasteiger partial charge in [-0.15, -0.1) is 0 Å². The molecule has 0 fully saturated rings. The van der Waals surface area contributed by atoms with Crippen molar-refractivity contribution in [2.24, 2.45) is 5.73 Å². The topological polar surface area (TPSA) is 63.3 Å². The Labute approximate surface area is 110 Å². The predicted molar refractivity (Wildman–Crippen MR) is 71.7 cm³/mol. The van der Waals surface area contributed by atoms with Crippen LogP contribution in [0.1, 0.15) is 15.9 Å². The van der Waals surface area contributed by atoms with Gasteiger partial charge in [0.05, 0.1) is 5.56 Å². The molecule has 0 saturated heterocycles. The zero-order chi connectivity index (χ0) is 13.1. The van der Waals surface area contributed by atoms with Gasteiger partial charge in [-0.25, -0.2) is 4.79 Å². The van der Waals surface area contributed by atoms with E-state index in [1.807, 2.05) is 6.07 Å². The van der Waals surface area contributed by atoms with E-state index in [4.69, 9.17) is 17.3 Å². The first kappa shape index (κ1) is 12.6. The third-order valence-electron chi connectivity index (χ3n) is 2.71.